The number of hydrogen-bond acceptors (Lipinski definition) is 7. The van der Waals surface area contributed by atoms with Crippen LogP contribution in [0.2, 0.25) is 0 Å². The Kier molecular flexibility index (Phi) is 5.64. The third-order valence-corrected chi connectivity index (χ3v) is 5.83. The molecule has 1 aromatic carbocycles. The fraction of sp³-hybridized carbons (Fsp3) is 0.143. The summed E-state index contributed by atoms with van der Waals surface area (Å²) in [6.07, 6.45) is 1.72. The van der Waals surface area contributed by atoms with E-state index in [0.717, 1.165) is 26.4 Å². The highest BCUT2D eigenvalue weighted by Crippen LogP contribution is 2.39. The van der Waals surface area contributed by atoms with E-state index in [1.165, 1.54) is 11.8 Å². The van der Waals surface area contributed by atoms with Crippen molar-refractivity contribution in [3.05, 3.63) is 60.1 Å². The Labute approximate surface area is 170 Å². The molecular formula is C21H17N3O2S2. The van der Waals surface area contributed by atoms with Gasteiger partial charge in [0, 0.05) is 17.1 Å². The summed E-state index contributed by atoms with van der Waals surface area (Å²) in [5.74, 6) is 0.502. The van der Waals surface area contributed by atoms with Crippen LogP contribution in [0.3, 0.4) is 0 Å². The molecule has 0 atom stereocenters. The second kappa shape index (κ2) is 8.50. The summed E-state index contributed by atoms with van der Waals surface area (Å²) in [5, 5.41) is 3.81. The van der Waals surface area contributed by atoms with Gasteiger partial charge in [-0.05, 0) is 24.6 Å². The van der Waals surface area contributed by atoms with Gasteiger partial charge in [-0.15, -0.1) is 11.3 Å². The summed E-state index contributed by atoms with van der Waals surface area (Å²) < 4.78 is 5.07. The maximum absolute atomic E-state index is 11.9. The zero-order valence-corrected chi connectivity index (χ0v) is 16.8. The van der Waals surface area contributed by atoms with Crippen LogP contribution < -0.4 is 0 Å². The van der Waals surface area contributed by atoms with E-state index in [2.05, 4.69) is 22.5 Å². The van der Waals surface area contributed by atoms with E-state index in [1.807, 2.05) is 36.4 Å². The van der Waals surface area contributed by atoms with E-state index in [0.29, 0.717) is 18.1 Å². The van der Waals surface area contributed by atoms with Crippen LogP contribution in [0.1, 0.15) is 6.92 Å². The minimum Gasteiger partial charge on any atom is -0.465 e. The zero-order chi connectivity index (χ0) is 19.3. The molecule has 4 rings (SSSR count). The lowest BCUT2D eigenvalue weighted by molar-refractivity contribution is -0.139. The first kappa shape index (κ1) is 18.6. The molecule has 0 amide bonds. The molecule has 0 spiro atoms. The minimum absolute atomic E-state index is 0.200. The third-order valence-electron chi connectivity index (χ3n) is 4.01. The second-order valence-corrected chi connectivity index (χ2v) is 7.68. The van der Waals surface area contributed by atoms with E-state index in [4.69, 9.17) is 14.7 Å². The molecule has 0 fully saturated rings. The molecule has 3 heterocycles. The fourth-order valence-corrected chi connectivity index (χ4v) is 4.64. The number of ether oxygens (including phenoxy) is 1. The number of carbonyl (C=O) groups is 1. The molecule has 7 heteroatoms. The third kappa shape index (κ3) is 3.90. The molecule has 4 aromatic rings. The minimum atomic E-state index is -0.255. The lowest BCUT2D eigenvalue weighted by Gasteiger charge is -2.08. The fourth-order valence-electron chi connectivity index (χ4n) is 2.78. The number of pyridine rings is 1. The van der Waals surface area contributed by atoms with Crippen LogP contribution in [-0.4, -0.2) is 33.3 Å². The highest BCUT2D eigenvalue weighted by Gasteiger charge is 2.18. The summed E-state index contributed by atoms with van der Waals surface area (Å²) in [6.45, 7) is 2.17. The van der Waals surface area contributed by atoms with Crippen molar-refractivity contribution in [3.63, 3.8) is 0 Å². The summed E-state index contributed by atoms with van der Waals surface area (Å²) in [7, 11) is 0. The Morgan fingerprint density at radius 3 is 2.68 bits per heavy atom. The number of nitrogens with zero attached hydrogens (tertiary/aromatic N) is 3. The van der Waals surface area contributed by atoms with Gasteiger partial charge in [0.1, 0.15) is 15.6 Å². The molecule has 0 saturated carbocycles. The van der Waals surface area contributed by atoms with Crippen molar-refractivity contribution in [2.75, 3.05) is 12.4 Å². The number of benzene rings is 1. The van der Waals surface area contributed by atoms with E-state index in [9.17, 15) is 4.79 Å². The van der Waals surface area contributed by atoms with E-state index < -0.39 is 0 Å². The first-order valence-corrected chi connectivity index (χ1v) is 10.7. The van der Waals surface area contributed by atoms with Crippen LogP contribution in [0.25, 0.3) is 32.9 Å². The van der Waals surface area contributed by atoms with Gasteiger partial charge in [0.15, 0.2) is 5.82 Å². The van der Waals surface area contributed by atoms with Gasteiger partial charge in [0.25, 0.3) is 0 Å². The van der Waals surface area contributed by atoms with E-state index >= 15 is 0 Å². The van der Waals surface area contributed by atoms with Crippen molar-refractivity contribution in [1.29, 1.82) is 0 Å². The number of aromatic nitrogens is 3. The van der Waals surface area contributed by atoms with Gasteiger partial charge in [-0.1, -0.05) is 48.2 Å². The van der Waals surface area contributed by atoms with Gasteiger partial charge >= 0.3 is 5.97 Å². The highest BCUT2D eigenvalue weighted by molar-refractivity contribution is 8.00. The summed E-state index contributed by atoms with van der Waals surface area (Å²) >= 11 is 2.94. The topological polar surface area (TPSA) is 65.0 Å². The van der Waals surface area contributed by atoms with Crippen molar-refractivity contribution in [2.45, 2.75) is 11.9 Å². The predicted octanol–water partition coefficient (Wildman–Crippen LogP) is 5.08. The molecule has 0 radical (unpaired) electrons. The molecular weight excluding hydrogens is 390 g/mol. The number of thiophene rings is 1. The van der Waals surface area contributed by atoms with Crippen molar-refractivity contribution >= 4 is 39.3 Å². The average molecular weight is 408 g/mol. The molecule has 5 nitrogen and oxygen atoms in total. The molecule has 0 aliphatic heterocycles. The molecule has 0 aliphatic rings. The SMILES string of the molecule is CCOC(=O)CSc1nc(-c2ccccn2)nc2scc(-c3ccccc3)c12. The number of fused-ring (bicyclic) bond motifs is 1. The normalized spacial score (nSPS) is 10.9. The van der Waals surface area contributed by atoms with Gasteiger partial charge in [-0.3, -0.25) is 9.78 Å². The Balaban J connectivity index is 1.83. The Morgan fingerprint density at radius 1 is 1.11 bits per heavy atom. The molecule has 28 heavy (non-hydrogen) atoms. The Hall–Kier alpha value is -2.77. The first-order chi connectivity index (χ1) is 13.8. The first-order valence-electron chi connectivity index (χ1n) is 8.80. The number of rotatable bonds is 6. The molecule has 0 N–H and O–H groups in total. The molecule has 0 aliphatic carbocycles. The monoisotopic (exact) mass is 407 g/mol. The molecule has 0 saturated heterocycles. The number of carbonyl (C=O) groups excluding carboxylic acids is 1. The quantitative estimate of drug-likeness (QED) is 0.252. The largest absolute Gasteiger partial charge is 0.465 e. The van der Waals surface area contributed by atoms with Crippen LogP contribution in [0, 0.1) is 0 Å². The standard InChI is InChI=1S/C21H17N3O2S2/c1-2-26-17(25)13-28-21-18-15(14-8-4-3-5-9-14)12-27-20(18)23-19(24-21)16-10-6-7-11-22-16/h3-12H,2,13H2,1H3. The summed E-state index contributed by atoms with van der Waals surface area (Å²) in [4.78, 5) is 26.6. The molecule has 0 unspecified atom stereocenters. The van der Waals surface area contributed by atoms with Gasteiger partial charge in [0.05, 0.1) is 17.7 Å². The molecule has 3 aromatic heterocycles. The second-order valence-electron chi connectivity index (χ2n) is 5.86. The summed E-state index contributed by atoms with van der Waals surface area (Å²) in [6, 6.07) is 15.8. The van der Waals surface area contributed by atoms with E-state index in [1.54, 1.807) is 24.5 Å². The maximum Gasteiger partial charge on any atom is 0.316 e. The predicted molar refractivity (Wildman–Crippen MR) is 113 cm³/mol. The number of hydrogen-bond donors (Lipinski definition) is 0. The maximum atomic E-state index is 11.9. The lowest BCUT2D eigenvalue weighted by Crippen LogP contribution is -2.07. The zero-order valence-electron chi connectivity index (χ0n) is 15.2. The van der Waals surface area contributed by atoms with Gasteiger partial charge in [0.2, 0.25) is 0 Å². The highest BCUT2D eigenvalue weighted by atomic mass is 32.2. The Bertz CT molecular complexity index is 1100. The van der Waals surface area contributed by atoms with Gasteiger partial charge in [-0.2, -0.15) is 0 Å². The van der Waals surface area contributed by atoms with Crippen LogP contribution >= 0.6 is 23.1 Å². The van der Waals surface area contributed by atoms with Crippen molar-refractivity contribution in [2.24, 2.45) is 0 Å². The van der Waals surface area contributed by atoms with Gasteiger partial charge in [-0.25, -0.2) is 9.97 Å². The summed E-state index contributed by atoms with van der Waals surface area (Å²) in [5.41, 5.74) is 2.87. The van der Waals surface area contributed by atoms with Crippen LogP contribution in [0.5, 0.6) is 0 Å². The van der Waals surface area contributed by atoms with E-state index in [-0.39, 0.29) is 11.7 Å². The number of esters is 1. The molecule has 140 valence electrons. The smallest absolute Gasteiger partial charge is 0.316 e. The van der Waals surface area contributed by atoms with Gasteiger partial charge < -0.3 is 4.74 Å². The van der Waals surface area contributed by atoms with Crippen molar-refractivity contribution in [3.8, 4) is 22.6 Å². The number of thioether (sulfide) groups is 1. The molecule has 0 bridgehead atoms. The van der Waals surface area contributed by atoms with Crippen LogP contribution in [0.15, 0.2) is 65.1 Å². The lowest BCUT2D eigenvalue weighted by atomic mass is 10.1. The van der Waals surface area contributed by atoms with Crippen LogP contribution in [0.4, 0.5) is 0 Å². The van der Waals surface area contributed by atoms with Crippen LogP contribution in [-0.2, 0) is 9.53 Å². The Morgan fingerprint density at radius 2 is 1.93 bits per heavy atom. The van der Waals surface area contributed by atoms with Crippen molar-refractivity contribution in [1.82, 2.24) is 15.0 Å². The average Bonchev–Trinajstić information content (AvgIpc) is 3.18. The van der Waals surface area contributed by atoms with Crippen molar-refractivity contribution < 1.29 is 9.53 Å².